The normalized spacial score (nSPS) is 19.4. The lowest BCUT2D eigenvalue weighted by molar-refractivity contribution is -0.138. The van der Waals surface area contributed by atoms with E-state index in [4.69, 9.17) is 5.11 Å². The minimum Gasteiger partial charge on any atom is -0.481 e. The largest absolute Gasteiger partial charge is 0.481 e. The number of rotatable bonds is 6. The zero-order chi connectivity index (χ0) is 20.4. The molecule has 27 heavy (non-hydrogen) atoms. The maximum Gasteiger partial charge on any atom is 0.416 e. The average Bonchev–Trinajstić information content (AvgIpc) is 2.54. The van der Waals surface area contributed by atoms with Crippen LogP contribution in [0.1, 0.15) is 30.0 Å². The molecule has 1 aromatic rings. The second-order valence-electron chi connectivity index (χ2n) is 5.67. The van der Waals surface area contributed by atoms with Crippen molar-refractivity contribution >= 4 is 22.1 Å². The first-order valence-corrected chi connectivity index (χ1v) is 8.99. The molecule has 1 aliphatic heterocycles. The number of benzene rings is 1. The van der Waals surface area contributed by atoms with Crippen molar-refractivity contribution in [1.29, 1.82) is 0 Å². The Labute approximate surface area is 152 Å². The molecule has 0 amide bonds. The van der Waals surface area contributed by atoms with Gasteiger partial charge in [-0.05, 0) is 24.1 Å². The van der Waals surface area contributed by atoms with E-state index < -0.39 is 45.5 Å². The van der Waals surface area contributed by atoms with Crippen LogP contribution in [0.3, 0.4) is 0 Å². The molecule has 12 heteroatoms. The summed E-state index contributed by atoms with van der Waals surface area (Å²) in [4.78, 5) is 22.0. The minimum atomic E-state index is -4.59. The Bertz CT molecular complexity index is 865. The van der Waals surface area contributed by atoms with Gasteiger partial charge in [0, 0.05) is 19.2 Å². The number of alkyl halides is 3. The second-order valence-corrected chi connectivity index (χ2v) is 7.33. The van der Waals surface area contributed by atoms with Crippen LogP contribution in [0, 0.1) is 0 Å². The first-order chi connectivity index (χ1) is 12.4. The smallest absolute Gasteiger partial charge is 0.416 e. The predicted octanol–water partition coefficient (Wildman–Crippen LogP) is 1.73. The first-order valence-electron chi connectivity index (χ1n) is 7.55. The van der Waals surface area contributed by atoms with Crippen molar-refractivity contribution in [3.63, 3.8) is 0 Å². The zero-order valence-electron chi connectivity index (χ0n) is 13.6. The van der Waals surface area contributed by atoms with Gasteiger partial charge in [0.2, 0.25) is 0 Å². The topological polar surface area (TPSA) is 124 Å². The van der Waals surface area contributed by atoms with Crippen molar-refractivity contribution in [2.45, 2.75) is 25.1 Å². The molecule has 148 valence electrons. The van der Waals surface area contributed by atoms with E-state index in [0.717, 1.165) is 30.5 Å². The Morgan fingerprint density at radius 2 is 1.74 bits per heavy atom. The number of carboxylic acids is 2. The molecule has 0 aliphatic carbocycles. The molecule has 1 aliphatic rings. The van der Waals surface area contributed by atoms with E-state index in [9.17, 15) is 36.3 Å². The first kappa shape index (κ1) is 20.7. The summed E-state index contributed by atoms with van der Waals surface area (Å²) >= 11 is 0. The van der Waals surface area contributed by atoms with E-state index in [1.165, 1.54) is 0 Å². The number of hydrogen-bond donors (Lipinski definition) is 3. The van der Waals surface area contributed by atoms with Gasteiger partial charge in [-0.1, -0.05) is 12.1 Å². The van der Waals surface area contributed by atoms with E-state index in [2.05, 4.69) is 4.72 Å². The molecule has 2 rings (SSSR count). The maximum atomic E-state index is 12.7. The third-order valence-corrected chi connectivity index (χ3v) is 5.20. The number of carboxylic acid groups (broad SMARTS) is 2. The molecule has 0 saturated carbocycles. The van der Waals surface area contributed by atoms with Crippen LogP contribution in [-0.4, -0.2) is 41.4 Å². The molecule has 1 heterocycles. The zero-order valence-corrected chi connectivity index (χ0v) is 14.4. The van der Waals surface area contributed by atoms with Crippen molar-refractivity contribution in [3.05, 3.63) is 47.2 Å². The number of nitrogens with zero attached hydrogens (tertiary/aromatic N) is 1. The fourth-order valence-corrected chi connectivity index (χ4v) is 3.76. The summed E-state index contributed by atoms with van der Waals surface area (Å²) in [6, 6.07) is 2.05. The quantitative estimate of drug-likeness (QED) is 0.659. The molecule has 0 fully saturated rings. The summed E-state index contributed by atoms with van der Waals surface area (Å²) in [7, 11) is -4.20. The molecule has 8 nitrogen and oxygen atoms in total. The van der Waals surface area contributed by atoms with Crippen LogP contribution >= 0.6 is 0 Å². The van der Waals surface area contributed by atoms with Crippen molar-refractivity contribution in [3.8, 4) is 0 Å². The Morgan fingerprint density at radius 1 is 1.15 bits per heavy atom. The minimum absolute atomic E-state index is 0.0189. The summed E-state index contributed by atoms with van der Waals surface area (Å²) < 4.78 is 65.3. The number of carbonyl (C=O) groups is 2. The molecule has 0 radical (unpaired) electrons. The Balaban J connectivity index is 2.34. The van der Waals surface area contributed by atoms with Crippen LogP contribution in [0.25, 0.3) is 0 Å². The molecule has 1 unspecified atom stereocenters. The number of hydrogen-bond acceptors (Lipinski definition) is 4. The number of halogens is 3. The van der Waals surface area contributed by atoms with Gasteiger partial charge < -0.3 is 10.2 Å². The van der Waals surface area contributed by atoms with Crippen molar-refractivity contribution in [2.24, 2.45) is 0 Å². The summed E-state index contributed by atoms with van der Waals surface area (Å²) in [5, 5.41) is 18.0. The monoisotopic (exact) mass is 408 g/mol. The summed E-state index contributed by atoms with van der Waals surface area (Å²) in [6.45, 7) is -0.266. The maximum absolute atomic E-state index is 12.7. The van der Waals surface area contributed by atoms with Gasteiger partial charge in [0.25, 0.3) is 0 Å². The van der Waals surface area contributed by atoms with Gasteiger partial charge in [0.1, 0.15) is 0 Å². The molecule has 1 atom stereocenters. The van der Waals surface area contributed by atoms with Crippen LogP contribution in [0.4, 0.5) is 13.2 Å². The molecule has 0 bridgehead atoms. The van der Waals surface area contributed by atoms with Crippen LogP contribution in [0.5, 0.6) is 0 Å². The lowest BCUT2D eigenvalue weighted by atomic mass is 9.99. The lowest BCUT2D eigenvalue weighted by Crippen LogP contribution is -2.46. The van der Waals surface area contributed by atoms with Crippen LogP contribution in [0.2, 0.25) is 0 Å². The number of aliphatic carboxylic acids is 2. The third kappa shape index (κ3) is 4.98. The Hall–Kier alpha value is -2.60. The standard InChI is InChI=1S/C15H15F3N2O6S/c16-15(17,18)10-5-3-9(4-6-10)13-11(14(23)24)8-20(27(25,26)19-13)7-1-2-12(21)22/h3-6,8,13,19H,1-2,7H2,(H,21,22)(H,23,24). The molecule has 0 aromatic heterocycles. The van der Waals surface area contributed by atoms with Crippen molar-refractivity contribution < 1.29 is 41.4 Å². The summed E-state index contributed by atoms with van der Waals surface area (Å²) in [5.41, 5.74) is -1.34. The summed E-state index contributed by atoms with van der Waals surface area (Å²) in [6.07, 6.45) is -4.11. The van der Waals surface area contributed by atoms with Crippen molar-refractivity contribution in [1.82, 2.24) is 9.03 Å². The lowest BCUT2D eigenvalue weighted by Gasteiger charge is -2.31. The fraction of sp³-hybridized carbons (Fsp3) is 0.333. The van der Waals surface area contributed by atoms with Gasteiger partial charge in [-0.25, -0.2) is 4.79 Å². The van der Waals surface area contributed by atoms with Gasteiger partial charge in [-0.2, -0.15) is 26.3 Å². The molecular formula is C15H15F3N2O6S. The molecule has 0 saturated heterocycles. The summed E-state index contributed by atoms with van der Waals surface area (Å²) in [5.74, 6) is -2.60. The van der Waals surface area contributed by atoms with Gasteiger partial charge in [-0.15, -0.1) is 0 Å². The van der Waals surface area contributed by atoms with Crippen LogP contribution < -0.4 is 4.72 Å². The highest BCUT2D eigenvalue weighted by Crippen LogP contribution is 2.33. The molecule has 3 N–H and O–H groups in total. The molecular weight excluding hydrogens is 393 g/mol. The van der Waals surface area contributed by atoms with Crippen molar-refractivity contribution in [2.75, 3.05) is 6.54 Å². The van der Waals surface area contributed by atoms with Crippen LogP contribution in [-0.2, 0) is 26.0 Å². The SMILES string of the molecule is O=C(O)CCCN1C=C(C(=O)O)C(c2ccc(C(F)(F)F)cc2)NS1(=O)=O. The highest BCUT2D eigenvalue weighted by Gasteiger charge is 2.36. The van der Waals surface area contributed by atoms with E-state index in [1.54, 1.807) is 0 Å². The fourth-order valence-electron chi connectivity index (χ4n) is 2.44. The van der Waals surface area contributed by atoms with E-state index in [1.807, 2.05) is 0 Å². The van der Waals surface area contributed by atoms with Gasteiger partial charge in [0.15, 0.2) is 0 Å². The highest BCUT2D eigenvalue weighted by atomic mass is 32.2. The predicted molar refractivity (Wildman–Crippen MR) is 85.5 cm³/mol. The molecule has 1 aromatic carbocycles. The van der Waals surface area contributed by atoms with E-state index in [0.29, 0.717) is 4.31 Å². The van der Waals surface area contributed by atoms with E-state index >= 15 is 0 Å². The van der Waals surface area contributed by atoms with Crippen LogP contribution in [0.15, 0.2) is 36.0 Å². The van der Waals surface area contributed by atoms with Gasteiger partial charge in [-0.3, -0.25) is 9.10 Å². The third-order valence-electron chi connectivity index (χ3n) is 3.76. The Morgan fingerprint density at radius 3 is 2.22 bits per heavy atom. The van der Waals surface area contributed by atoms with Gasteiger partial charge >= 0.3 is 28.3 Å². The average molecular weight is 408 g/mol. The highest BCUT2D eigenvalue weighted by molar-refractivity contribution is 7.87. The second kappa shape index (κ2) is 7.56. The Kier molecular flexibility index (Phi) is 5.80. The van der Waals surface area contributed by atoms with Gasteiger partial charge in [0.05, 0.1) is 17.2 Å². The van der Waals surface area contributed by atoms with E-state index in [-0.39, 0.29) is 24.9 Å². The number of nitrogens with one attached hydrogen (secondary N) is 1. The molecule has 0 spiro atoms.